The van der Waals surface area contributed by atoms with Crippen LogP contribution in [0.4, 0.5) is 0 Å². The largest absolute Gasteiger partial charge is 0.370 e. The van der Waals surface area contributed by atoms with Gasteiger partial charge < -0.3 is 27.3 Å². The number of rotatable bonds is 7. The molecular formula is C8H17N5O2. The molecule has 0 rings (SSSR count). The normalized spacial score (nSPS) is 11.5. The molecule has 86 valence electrons. The van der Waals surface area contributed by atoms with Gasteiger partial charge in [-0.05, 0) is 12.8 Å². The average Bonchev–Trinajstić information content (AvgIpc) is 2.20. The standard InChI is InChI=1S/C8H17N5O2/c9-6(7(15)12-4-5-14)2-1-3-13-8(10)11/h5-6H,1-4,9H2,(H,12,15)(H4,10,11,13)/t6-/m1/s1. The van der Waals surface area contributed by atoms with E-state index in [4.69, 9.17) is 17.2 Å². The number of carbonyl (C=O) groups excluding carboxylic acids is 2. The van der Waals surface area contributed by atoms with Crippen LogP contribution in [0.15, 0.2) is 4.99 Å². The van der Waals surface area contributed by atoms with Crippen molar-refractivity contribution in [2.45, 2.75) is 18.9 Å². The Hall–Kier alpha value is -1.63. The third-order valence-corrected chi connectivity index (χ3v) is 1.66. The van der Waals surface area contributed by atoms with Crippen LogP contribution in [0.3, 0.4) is 0 Å². The zero-order valence-electron chi connectivity index (χ0n) is 8.48. The fraction of sp³-hybridized carbons (Fsp3) is 0.625. The molecule has 7 N–H and O–H groups in total. The molecule has 0 aromatic rings. The lowest BCUT2D eigenvalue weighted by Gasteiger charge is -2.09. The second-order valence-corrected chi connectivity index (χ2v) is 2.97. The van der Waals surface area contributed by atoms with Gasteiger partial charge in [-0.1, -0.05) is 0 Å². The molecule has 0 aromatic heterocycles. The fourth-order valence-electron chi connectivity index (χ4n) is 0.924. The summed E-state index contributed by atoms with van der Waals surface area (Å²) >= 11 is 0. The van der Waals surface area contributed by atoms with Crippen LogP contribution in [0.25, 0.3) is 0 Å². The van der Waals surface area contributed by atoms with Gasteiger partial charge in [-0.3, -0.25) is 9.79 Å². The first-order chi connectivity index (χ1) is 7.07. The van der Waals surface area contributed by atoms with E-state index in [1.54, 1.807) is 0 Å². The summed E-state index contributed by atoms with van der Waals surface area (Å²) in [5.41, 5.74) is 15.8. The first-order valence-electron chi connectivity index (χ1n) is 4.60. The summed E-state index contributed by atoms with van der Waals surface area (Å²) in [4.78, 5) is 24.9. The van der Waals surface area contributed by atoms with Gasteiger partial charge in [0.25, 0.3) is 0 Å². The highest BCUT2D eigenvalue weighted by Crippen LogP contribution is 1.94. The van der Waals surface area contributed by atoms with Gasteiger partial charge in [0.15, 0.2) is 5.96 Å². The van der Waals surface area contributed by atoms with Gasteiger partial charge in [-0.15, -0.1) is 0 Å². The highest BCUT2D eigenvalue weighted by molar-refractivity contribution is 5.83. The molecule has 7 heteroatoms. The van der Waals surface area contributed by atoms with E-state index < -0.39 is 6.04 Å². The molecule has 0 aliphatic carbocycles. The highest BCUT2D eigenvalue weighted by Gasteiger charge is 2.11. The molecule has 0 unspecified atom stereocenters. The van der Waals surface area contributed by atoms with E-state index in [-0.39, 0.29) is 18.4 Å². The number of nitrogens with zero attached hydrogens (tertiary/aromatic N) is 1. The summed E-state index contributed by atoms with van der Waals surface area (Å²) in [7, 11) is 0. The number of nitrogens with two attached hydrogens (primary N) is 3. The van der Waals surface area contributed by atoms with E-state index >= 15 is 0 Å². The minimum atomic E-state index is -0.626. The third-order valence-electron chi connectivity index (χ3n) is 1.66. The van der Waals surface area contributed by atoms with Gasteiger partial charge >= 0.3 is 0 Å². The zero-order valence-corrected chi connectivity index (χ0v) is 8.48. The van der Waals surface area contributed by atoms with Crippen molar-refractivity contribution in [2.75, 3.05) is 13.1 Å². The average molecular weight is 215 g/mol. The molecule has 0 aliphatic heterocycles. The van der Waals surface area contributed by atoms with Gasteiger partial charge in [-0.25, -0.2) is 0 Å². The Kier molecular flexibility index (Phi) is 6.90. The monoisotopic (exact) mass is 215 g/mol. The molecule has 1 atom stereocenters. The van der Waals surface area contributed by atoms with Crippen molar-refractivity contribution in [3.05, 3.63) is 0 Å². The topological polar surface area (TPSA) is 137 Å². The Labute approximate surface area is 88.1 Å². The number of hydrogen-bond acceptors (Lipinski definition) is 4. The van der Waals surface area contributed by atoms with Gasteiger partial charge in [0, 0.05) is 6.54 Å². The number of guanidine groups is 1. The summed E-state index contributed by atoms with van der Waals surface area (Å²) in [5.74, 6) is -0.319. The van der Waals surface area contributed by atoms with E-state index in [0.29, 0.717) is 25.7 Å². The summed E-state index contributed by atoms with van der Waals surface area (Å²) < 4.78 is 0. The second-order valence-electron chi connectivity index (χ2n) is 2.97. The van der Waals surface area contributed by atoms with Crippen LogP contribution in [-0.4, -0.2) is 37.3 Å². The van der Waals surface area contributed by atoms with Gasteiger partial charge in [0.05, 0.1) is 12.6 Å². The van der Waals surface area contributed by atoms with Crippen LogP contribution in [0.2, 0.25) is 0 Å². The Morgan fingerprint density at radius 3 is 2.67 bits per heavy atom. The number of hydrogen-bond donors (Lipinski definition) is 4. The van der Waals surface area contributed by atoms with Crippen LogP contribution in [0, 0.1) is 0 Å². The SMILES string of the molecule is NC(N)=NCCC[C@@H](N)C(=O)NCC=O. The lowest BCUT2D eigenvalue weighted by atomic mass is 10.1. The van der Waals surface area contributed by atoms with Gasteiger partial charge in [0.2, 0.25) is 5.91 Å². The number of aldehydes is 1. The molecule has 0 spiro atoms. The molecule has 0 aromatic carbocycles. The maximum Gasteiger partial charge on any atom is 0.237 e. The first kappa shape index (κ1) is 13.4. The van der Waals surface area contributed by atoms with Gasteiger partial charge in [0.1, 0.15) is 6.29 Å². The van der Waals surface area contributed by atoms with E-state index in [0.717, 1.165) is 0 Å². The molecule has 0 radical (unpaired) electrons. The molecule has 0 bridgehead atoms. The Bertz CT molecular complexity index is 237. The van der Waals surface area contributed by atoms with Gasteiger partial charge in [-0.2, -0.15) is 0 Å². The molecule has 0 aliphatic rings. The van der Waals surface area contributed by atoms with E-state index in [9.17, 15) is 9.59 Å². The minimum Gasteiger partial charge on any atom is -0.370 e. The van der Waals surface area contributed by atoms with Crippen LogP contribution in [0.1, 0.15) is 12.8 Å². The van der Waals surface area contributed by atoms with Crippen LogP contribution in [-0.2, 0) is 9.59 Å². The van der Waals surface area contributed by atoms with Crippen molar-refractivity contribution in [2.24, 2.45) is 22.2 Å². The summed E-state index contributed by atoms with van der Waals surface area (Å²) in [5, 5.41) is 2.36. The Morgan fingerprint density at radius 2 is 2.13 bits per heavy atom. The van der Waals surface area contributed by atoms with Crippen LogP contribution >= 0.6 is 0 Å². The predicted octanol–water partition coefficient (Wildman–Crippen LogP) is -2.32. The zero-order chi connectivity index (χ0) is 11.7. The summed E-state index contributed by atoms with van der Waals surface area (Å²) in [6.07, 6.45) is 1.69. The lowest BCUT2D eigenvalue weighted by molar-refractivity contribution is -0.123. The van der Waals surface area contributed by atoms with Crippen LogP contribution < -0.4 is 22.5 Å². The highest BCUT2D eigenvalue weighted by atomic mass is 16.2. The molecule has 7 nitrogen and oxygen atoms in total. The summed E-state index contributed by atoms with van der Waals surface area (Å²) in [6, 6.07) is -0.626. The molecule has 15 heavy (non-hydrogen) atoms. The smallest absolute Gasteiger partial charge is 0.237 e. The molecule has 1 amide bonds. The number of carbonyl (C=O) groups is 2. The molecule has 0 fully saturated rings. The predicted molar refractivity (Wildman–Crippen MR) is 57.0 cm³/mol. The Balaban J connectivity index is 3.64. The number of amides is 1. The second kappa shape index (κ2) is 7.74. The molecule has 0 heterocycles. The first-order valence-corrected chi connectivity index (χ1v) is 4.60. The van der Waals surface area contributed by atoms with Crippen molar-refractivity contribution < 1.29 is 9.59 Å². The van der Waals surface area contributed by atoms with Crippen molar-refractivity contribution >= 4 is 18.2 Å². The molecule has 0 saturated heterocycles. The molecule has 0 saturated carbocycles. The van der Waals surface area contributed by atoms with Crippen molar-refractivity contribution in [1.29, 1.82) is 0 Å². The lowest BCUT2D eigenvalue weighted by Crippen LogP contribution is -2.41. The maximum atomic E-state index is 11.1. The van der Waals surface area contributed by atoms with Crippen LogP contribution in [0.5, 0.6) is 0 Å². The van der Waals surface area contributed by atoms with Crippen molar-refractivity contribution in [1.82, 2.24) is 5.32 Å². The summed E-state index contributed by atoms with van der Waals surface area (Å²) in [6.45, 7) is 0.428. The fourth-order valence-corrected chi connectivity index (χ4v) is 0.924. The number of nitrogens with one attached hydrogen (secondary N) is 1. The molecular weight excluding hydrogens is 198 g/mol. The van der Waals surface area contributed by atoms with Crippen molar-refractivity contribution in [3.63, 3.8) is 0 Å². The van der Waals surface area contributed by atoms with E-state index in [2.05, 4.69) is 10.3 Å². The van der Waals surface area contributed by atoms with E-state index in [1.165, 1.54) is 0 Å². The third kappa shape index (κ3) is 7.44. The number of aliphatic imine (C=N–C) groups is 1. The minimum absolute atomic E-state index is 0.0135. The van der Waals surface area contributed by atoms with Crippen molar-refractivity contribution in [3.8, 4) is 0 Å². The Morgan fingerprint density at radius 1 is 1.47 bits per heavy atom. The van der Waals surface area contributed by atoms with E-state index in [1.807, 2.05) is 0 Å². The quantitative estimate of drug-likeness (QED) is 0.163. The maximum absolute atomic E-state index is 11.1.